The molecular formula is C27H33FN4O4. The highest BCUT2D eigenvalue weighted by Gasteiger charge is 2.34. The van der Waals surface area contributed by atoms with Crippen LogP contribution >= 0.6 is 0 Å². The lowest BCUT2D eigenvalue weighted by atomic mass is 9.94. The van der Waals surface area contributed by atoms with Gasteiger partial charge in [-0.2, -0.15) is 0 Å². The maximum atomic E-state index is 13.3. The molecule has 36 heavy (non-hydrogen) atoms. The van der Waals surface area contributed by atoms with Gasteiger partial charge in [0.1, 0.15) is 11.6 Å². The molecule has 0 spiro atoms. The zero-order valence-electron chi connectivity index (χ0n) is 20.9. The van der Waals surface area contributed by atoms with Gasteiger partial charge in [-0.15, -0.1) is 0 Å². The van der Waals surface area contributed by atoms with Gasteiger partial charge in [0.05, 0.1) is 24.3 Å². The van der Waals surface area contributed by atoms with Crippen LogP contribution in [0.1, 0.15) is 32.4 Å². The molecule has 0 aromatic heterocycles. The van der Waals surface area contributed by atoms with Crippen molar-refractivity contribution in [1.29, 1.82) is 0 Å². The third-order valence-corrected chi connectivity index (χ3v) is 6.18. The molecule has 9 heteroatoms. The smallest absolute Gasteiger partial charge is 0.338 e. The molecule has 1 unspecified atom stereocenters. The van der Waals surface area contributed by atoms with Crippen LogP contribution in [0.2, 0.25) is 0 Å². The number of esters is 1. The standard InChI is InChI=1S/C27H33FN4O4/c1-4-35-26(33)24-23(17-31-13-15-32(16-14-31)21-9-7-20(28)8-10-21)29-27(34)30-25(24)19-5-11-22(12-6-19)36-18(2)3/h5-12,18,25H,4,13-17H2,1-3H3,(H2,29,30,34). The van der Waals surface area contributed by atoms with Crippen molar-refractivity contribution in [3.8, 4) is 5.75 Å². The van der Waals surface area contributed by atoms with Gasteiger partial charge in [-0.1, -0.05) is 12.1 Å². The second-order valence-electron chi connectivity index (χ2n) is 9.12. The van der Waals surface area contributed by atoms with Gasteiger partial charge in [0, 0.05) is 44.1 Å². The number of rotatable bonds is 8. The zero-order chi connectivity index (χ0) is 25.7. The number of ether oxygens (including phenoxy) is 2. The van der Waals surface area contributed by atoms with Crippen LogP contribution in [0.3, 0.4) is 0 Å². The van der Waals surface area contributed by atoms with E-state index in [-0.39, 0.29) is 24.6 Å². The van der Waals surface area contributed by atoms with Crippen molar-refractivity contribution in [1.82, 2.24) is 15.5 Å². The number of halogens is 1. The fourth-order valence-corrected chi connectivity index (χ4v) is 4.49. The van der Waals surface area contributed by atoms with Crippen LogP contribution in [0.25, 0.3) is 0 Å². The number of nitrogens with one attached hydrogen (secondary N) is 2. The van der Waals surface area contributed by atoms with Crippen LogP contribution in [-0.2, 0) is 9.53 Å². The minimum atomic E-state index is -0.638. The second-order valence-corrected chi connectivity index (χ2v) is 9.12. The van der Waals surface area contributed by atoms with E-state index < -0.39 is 12.0 Å². The summed E-state index contributed by atoms with van der Waals surface area (Å²) < 4.78 is 24.4. The number of urea groups is 1. The predicted molar refractivity (Wildman–Crippen MR) is 135 cm³/mol. The maximum absolute atomic E-state index is 13.3. The Morgan fingerprint density at radius 2 is 1.72 bits per heavy atom. The Morgan fingerprint density at radius 3 is 2.33 bits per heavy atom. The predicted octanol–water partition coefficient (Wildman–Crippen LogP) is 3.61. The number of hydrogen-bond donors (Lipinski definition) is 2. The number of carbonyl (C=O) groups excluding carboxylic acids is 2. The molecule has 1 saturated heterocycles. The zero-order valence-corrected chi connectivity index (χ0v) is 20.9. The third-order valence-electron chi connectivity index (χ3n) is 6.18. The fraction of sp³-hybridized carbons (Fsp3) is 0.407. The first-order valence-corrected chi connectivity index (χ1v) is 12.3. The molecule has 0 bridgehead atoms. The second kappa shape index (κ2) is 11.4. The number of hydrogen-bond acceptors (Lipinski definition) is 6. The summed E-state index contributed by atoms with van der Waals surface area (Å²) in [4.78, 5) is 30.1. The molecule has 8 nitrogen and oxygen atoms in total. The molecule has 192 valence electrons. The Morgan fingerprint density at radius 1 is 1.06 bits per heavy atom. The van der Waals surface area contributed by atoms with E-state index in [1.54, 1.807) is 19.1 Å². The number of piperazine rings is 1. The van der Waals surface area contributed by atoms with Crippen LogP contribution in [0.4, 0.5) is 14.9 Å². The number of amides is 2. The molecule has 2 heterocycles. The van der Waals surface area contributed by atoms with Gasteiger partial charge >= 0.3 is 12.0 Å². The molecular weight excluding hydrogens is 463 g/mol. The van der Waals surface area contributed by atoms with Crippen LogP contribution in [0, 0.1) is 5.82 Å². The van der Waals surface area contributed by atoms with E-state index in [9.17, 15) is 14.0 Å². The minimum absolute atomic E-state index is 0.0412. The molecule has 2 aromatic carbocycles. The Labute approximate surface area is 211 Å². The van der Waals surface area contributed by atoms with Gasteiger partial charge in [0.15, 0.2) is 0 Å². The van der Waals surface area contributed by atoms with Crippen molar-refractivity contribution in [2.24, 2.45) is 0 Å². The molecule has 2 aromatic rings. The number of anilines is 1. The van der Waals surface area contributed by atoms with Crippen molar-refractivity contribution < 1.29 is 23.5 Å². The highest BCUT2D eigenvalue weighted by atomic mass is 19.1. The van der Waals surface area contributed by atoms with Crippen LogP contribution < -0.4 is 20.3 Å². The Bertz CT molecular complexity index is 1090. The fourth-order valence-electron chi connectivity index (χ4n) is 4.49. The van der Waals surface area contributed by atoms with E-state index in [2.05, 4.69) is 20.4 Å². The van der Waals surface area contributed by atoms with Gasteiger partial charge in [0.25, 0.3) is 0 Å². The first-order valence-electron chi connectivity index (χ1n) is 12.3. The summed E-state index contributed by atoms with van der Waals surface area (Å²) in [6, 6.07) is 12.9. The molecule has 2 aliphatic heterocycles. The van der Waals surface area contributed by atoms with E-state index in [0.29, 0.717) is 17.8 Å². The van der Waals surface area contributed by atoms with Crippen molar-refractivity contribution in [2.75, 3.05) is 44.2 Å². The van der Waals surface area contributed by atoms with E-state index in [1.165, 1.54) is 12.1 Å². The Hall–Kier alpha value is -3.59. The van der Waals surface area contributed by atoms with Gasteiger partial charge in [-0.05, 0) is 62.7 Å². The first kappa shape index (κ1) is 25.5. The lowest BCUT2D eigenvalue weighted by Gasteiger charge is -2.38. The normalized spacial score (nSPS) is 18.6. The first-order chi connectivity index (χ1) is 17.3. The van der Waals surface area contributed by atoms with E-state index >= 15 is 0 Å². The number of carbonyl (C=O) groups is 2. The average molecular weight is 497 g/mol. The molecule has 2 amide bonds. The summed E-state index contributed by atoms with van der Waals surface area (Å²) in [5.41, 5.74) is 2.68. The van der Waals surface area contributed by atoms with Crippen molar-refractivity contribution >= 4 is 17.7 Å². The Kier molecular flexibility index (Phi) is 8.10. The summed E-state index contributed by atoms with van der Waals surface area (Å²) in [7, 11) is 0. The molecule has 0 saturated carbocycles. The average Bonchev–Trinajstić information content (AvgIpc) is 2.85. The summed E-state index contributed by atoms with van der Waals surface area (Å²) in [6.07, 6.45) is 0.0412. The van der Waals surface area contributed by atoms with Crippen molar-refractivity contribution in [3.63, 3.8) is 0 Å². The SMILES string of the molecule is CCOC(=O)C1=C(CN2CCN(c3ccc(F)cc3)CC2)NC(=O)NC1c1ccc(OC(C)C)cc1. The maximum Gasteiger partial charge on any atom is 0.338 e. The van der Waals surface area contributed by atoms with Gasteiger partial charge in [0.2, 0.25) is 0 Å². The van der Waals surface area contributed by atoms with Crippen molar-refractivity contribution in [3.05, 3.63) is 71.2 Å². The van der Waals surface area contributed by atoms with E-state index in [1.807, 2.05) is 38.1 Å². The summed E-state index contributed by atoms with van der Waals surface area (Å²) in [6.45, 7) is 9.26. The molecule has 1 fully saturated rings. The molecule has 1 atom stereocenters. The summed E-state index contributed by atoms with van der Waals surface area (Å²) in [5, 5.41) is 5.72. The highest BCUT2D eigenvalue weighted by molar-refractivity contribution is 5.95. The Balaban J connectivity index is 1.54. The molecule has 4 rings (SSSR count). The van der Waals surface area contributed by atoms with Crippen molar-refractivity contribution in [2.45, 2.75) is 32.9 Å². The summed E-state index contributed by atoms with van der Waals surface area (Å²) in [5.74, 6) is 0.00138. The highest BCUT2D eigenvalue weighted by Crippen LogP contribution is 2.30. The molecule has 0 aliphatic carbocycles. The number of benzene rings is 2. The quantitative estimate of drug-likeness (QED) is 0.544. The van der Waals surface area contributed by atoms with E-state index in [0.717, 1.165) is 43.2 Å². The topological polar surface area (TPSA) is 83.1 Å². The van der Waals surface area contributed by atoms with Crippen LogP contribution in [0.15, 0.2) is 59.8 Å². The third kappa shape index (κ3) is 6.15. The lowest BCUT2D eigenvalue weighted by molar-refractivity contribution is -0.139. The largest absolute Gasteiger partial charge is 0.491 e. The molecule has 0 radical (unpaired) electrons. The van der Waals surface area contributed by atoms with Crippen LogP contribution in [-0.4, -0.2) is 62.3 Å². The molecule has 2 N–H and O–H groups in total. The van der Waals surface area contributed by atoms with Gasteiger partial charge in [-0.3, -0.25) is 4.90 Å². The monoisotopic (exact) mass is 496 g/mol. The minimum Gasteiger partial charge on any atom is -0.491 e. The molecule has 2 aliphatic rings. The summed E-state index contributed by atoms with van der Waals surface area (Å²) >= 11 is 0. The van der Waals surface area contributed by atoms with Crippen LogP contribution in [0.5, 0.6) is 5.75 Å². The number of nitrogens with zero attached hydrogens (tertiary/aromatic N) is 2. The van der Waals surface area contributed by atoms with Gasteiger partial charge in [-0.25, -0.2) is 14.0 Å². The van der Waals surface area contributed by atoms with Gasteiger partial charge < -0.3 is 25.0 Å². The van der Waals surface area contributed by atoms with E-state index in [4.69, 9.17) is 9.47 Å². The lowest BCUT2D eigenvalue weighted by Crippen LogP contribution is -2.51.